The molecule has 14 heavy (non-hydrogen) atoms. The van der Waals surface area contributed by atoms with Crippen molar-refractivity contribution >= 4 is 0 Å². The van der Waals surface area contributed by atoms with Crippen molar-refractivity contribution < 1.29 is 9.50 Å². The van der Waals surface area contributed by atoms with E-state index in [1.807, 2.05) is 26.8 Å². The SMILES string of the molecule is CCc1cc(F)cc(C(C)(C)CO)c1. The number of aliphatic hydroxyl groups excluding tert-OH is 1. The third kappa shape index (κ3) is 2.32. The standard InChI is InChI=1S/C12H17FO/c1-4-9-5-10(7-11(13)6-9)12(2,3)8-14/h5-7,14H,4,8H2,1-3H3. The smallest absolute Gasteiger partial charge is 0.123 e. The summed E-state index contributed by atoms with van der Waals surface area (Å²) in [6.07, 6.45) is 0.812. The van der Waals surface area contributed by atoms with Gasteiger partial charge in [0.25, 0.3) is 0 Å². The normalized spacial score (nSPS) is 11.8. The molecule has 0 aromatic heterocycles. The Morgan fingerprint density at radius 3 is 2.43 bits per heavy atom. The second kappa shape index (κ2) is 4.09. The molecule has 0 fully saturated rings. The average molecular weight is 196 g/mol. The van der Waals surface area contributed by atoms with Crippen LogP contribution < -0.4 is 0 Å². The average Bonchev–Trinajstić information content (AvgIpc) is 2.16. The number of hydrogen-bond acceptors (Lipinski definition) is 1. The van der Waals surface area contributed by atoms with Gasteiger partial charge in [0, 0.05) is 5.41 Å². The van der Waals surface area contributed by atoms with E-state index in [4.69, 9.17) is 0 Å². The predicted molar refractivity (Wildman–Crippen MR) is 55.9 cm³/mol. The van der Waals surface area contributed by atoms with E-state index in [1.165, 1.54) is 12.1 Å². The molecule has 0 bridgehead atoms. The highest BCUT2D eigenvalue weighted by molar-refractivity contribution is 5.30. The van der Waals surface area contributed by atoms with E-state index in [-0.39, 0.29) is 17.8 Å². The summed E-state index contributed by atoms with van der Waals surface area (Å²) in [6, 6.07) is 4.99. The molecule has 0 atom stereocenters. The van der Waals surface area contributed by atoms with Gasteiger partial charge in [-0.05, 0) is 29.7 Å². The topological polar surface area (TPSA) is 20.2 Å². The highest BCUT2D eigenvalue weighted by atomic mass is 19.1. The summed E-state index contributed by atoms with van der Waals surface area (Å²) in [5.74, 6) is -0.221. The van der Waals surface area contributed by atoms with Gasteiger partial charge in [-0.3, -0.25) is 0 Å². The molecule has 0 amide bonds. The zero-order chi connectivity index (χ0) is 10.8. The first-order valence-electron chi connectivity index (χ1n) is 4.90. The van der Waals surface area contributed by atoms with Crippen molar-refractivity contribution in [2.24, 2.45) is 0 Å². The van der Waals surface area contributed by atoms with Crippen LogP contribution >= 0.6 is 0 Å². The lowest BCUT2D eigenvalue weighted by atomic mass is 9.84. The van der Waals surface area contributed by atoms with Crippen LogP contribution in [0.1, 0.15) is 31.9 Å². The van der Waals surface area contributed by atoms with Crippen LogP contribution in [0.3, 0.4) is 0 Å². The molecule has 0 unspecified atom stereocenters. The molecule has 0 heterocycles. The predicted octanol–water partition coefficient (Wildman–Crippen LogP) is 2.66. The van der Waals surface area contributed by atoms with E-state index in [2.05, 4.69) is 0 Å². The first-order valence-corrected chi connectivity index (χ1v) is 4.90. The van der Waals surface area contributed by atoms with Crippen molar-refractivity contribution in [3.63, 3.8) is 0 Å². The maximum absolute atomic E-state index is 13.2. The molecule has 1 N–H and O–H groups in total. The molecule has 1 rings (SSSR count). The largest absolute Gasteiger partial charge is 0.395 e. The highest BCUT2D eigenvalue weighted by Gasteiger charge is 2.20. The van der Waals surface area contributed by atoms with Crippen LogP contribution in [-0.2, 0) is 11.8 Å². The number of aliphatic hydroxyl groups is 1. The van der Waals surface area contributed by atoms with Gasteiger partial charge in [-0.25, -0.2) is 4.39 Å². The van der Waals surface area contributed by atoms with E-state index in [0.29, 0.717) is 0 Å². The van der Waals surface area contributed by atoms with Crippen molar-refractivity contribution in [3.05, 3.63) is 35.1 Å². The summed E-state index contributed by atoms with van der Waals surface area (Å²) in [5.41, 5.74) is 1.46. The van der Waals surface area contributed by atoms with E-state index >= 15 is 0 Å². The van der Waals surface area contributed by atoms with Crippen LogP contribution in [0.2, 0.25) is 0 Å². The zero-order valence-electron chi connectivity index (χ0n) is 8.97. The Morgan fingerprint density at radius 2 is 1.93 bits per heavy atom. The van der Waals surface area contributed by atoms with Gasteiger partial charge in [0.05, 0.1) is 6.61 Å². The molecule has 0 aliphatic carbocycles. The number of benzene rings is 1. The van der Waals surface area contributed by atoms with Gasteiger partial charge in [0.1, 0.15) is 5.82 Å². The molecule has 78 valence electrons. The number of halogens is 1. The maximum Gasteiger partial charge on any atom is 0.123 e. The molecule has 2 heteroatoms. The molecule has 0 saturated carbocycles. The van der Waals surface area contributed by atoms with Crippen molar-refractivity contribution in [1.82, 2.24) is 0 Å². The Hall–Kier alpha value is -0.890. The van der Waals surface area contributed by atoms with Crippen LogP contribution in [0.5, 0.6) is 0 Å². The zero-order valence-corrected chi connectivity index (χ0v) is 8.97. The van der Waals surface area contributed by atoms with E-state index in [0.717, 1.165) is 17.5 Å². The molecular formula is C12H17FO. The van der Waals surface area contributed by atoms with Crippen LogP contribution in [0.4, 0.5) is 4.39 Å². The Labute approximate surface area is 84.6 Å². The van der Waals surface area contributed by atoms with Gasteiger partial charge in [-0.1, -0.05) is 26.8 Å². The van der Waals surface area contributed by atoms with E-state index in [1.54, 1.807) is 0 Å². The van der Waals surface area contributed by atoms with Crippen molar-refractivity contribution in [1.29, 1.82) is 0 Å². The fourth-order valence-electron chi connectivity index (χ4n) is 1.34. The lowest BCUT2D eigenvalue weighted by Crippen LogP contribution is -2.22. The molecule has 1 nitrogen and oxygen atoms in total. The Morgan fingerprint density at radius 1 is 1.29 bits per heavy atom. The number of hydrogen-bond donors (Lipinski definition) is 1. The lowest BCUT2D eigenvalue weighted by molar-refractivity contribution is 0.218. The molecular weight excluding hydrogens is 179 g/mol. The van der Waals surface area contributed by atoms with Crippen molar-refractivity contribution in [2.75, 3.05) is 6.61 Å². The van der Waals surface area contributed by atoms with Crippen LogP contribution in [0, 0.1) is 5.82 Å². The Balaban J connectivity index is 3.15. The van der Waals surface area contributed by atoms with Gasteiger partial charge >= 0.3 is 0 Å². The number of aryl methyl sites for hydroxylation is 1. The summed E-state index contributed by atoms with van der Waals surface area (Å²) >= 11 is 0. The molecule has 1 aromatic carbocycles. The van der Waals surface area contributed by atoms with Gasteiger partial charge in [0.2, 0.25) is 0 Å². The first kappa shape index (κ1) is 11.2. The van der Waals surface area contributed by atoms with Crippen molar-refractivity contribution in [3.8, 4) is 0 Å². The molecule has 1 aromatic rings. The molecule has 0 spiro atoms. The number of rotatable bonds is 3. The summed E-state index contributed by atoms with van der Waals surface area (Å²) in [5, 5.41) is 9.18. The Kier molecular flexibility index (Phi) is 3.27. The maximum atomic E-state index is 13.2. The minimum Gasteiger partial charge on any atom is -0.395 e. The van der Waals surface area contributed by atoms with E-state index in [9.17, 15) is 9.50 Å². The summed E-state index contributed by atoms with van der Waals surface area (Å²) in [7, 11) is 0. The summed E-state index contributed by atoms with van der Waals surface area (Å²) in [6.45, 7) is 5.83. The lowest BCUT2D eigenvalue weighted by Gasteiger charge is -2.22. The fourth-order valence-corrected chi connectivity index (χ4v) is 1.34. The van der Waals surface area contributed by atoms with Crippen LogP contribution in [-0.4, -0.2) is 11.7 Å². The Bertz CT molecular complexity index is 318. The summed E-state index contributed by atoms with van der Waals surface area (Å²) in [4.78, 5) is 0. The van der Waals surface area contributed by atoms with Gasteiger partial charge < -0.3 is 5.11 Å². The molecule has 0 radical (unpaired) electrons. The summed E-state index contributed by atoms with van der Waals surface area (Å²) < 4.78 is 13.2. The molecule has 0 aliphatic heterocycles. The van der Waals surface area contributed by atoms with Crippen LogP contribution in [0.25, 0.3) is 0 Å². The van der Waals surface area contributed by atoms with Crippen LogP contribution in [0.15, 0.2) is 18.2 Å². The minimum absolute atomic E-state index is 0.0274. The fraction of sp³-hybridized carbons (Fsp3) is 0.500. The van der Waals surface area contributed by atoms with Gasteiger partial charge in [-0.15, -0.1) is 0 Å². The van der Waals surface area contributed by atoms with Gasteiger partial charge in [0.15, 0.2) is 0 Å². The first-order chi connectivity index (χ1) is 6.49. The quantitative estimate of drug-likeness (QED) is 0.788. The third-order valence-corrected chi connectivity index (χ3v) is 2.54. The van der Waals surface area contributed by atoms with Gasteiger partial charge in [-0.2, -0.15) is 0 Å². The molecule has 0 aliphatic rings. The second-order valence-corrected chi connectivity index (χ2v) is 4.24. The van der Waals surface area contributed by atoms with E-state index < -0.39 is 0 Å². The van der Waals surface area contributed by atoms with Crippen molar-refractivity contribution in [2.45, 2.75) is 32.6 Å². The third-order valence-electron chi connectivity index (χ3n) is 2.54. The minimum atomic E-state index is -0.369. The monoisotopic (exact) mass is 196 g/mol. The second-order valence-electron chi connectivity index (χ2n) is 4.24. The molecule has 0 saturated heterocycles. The highest BCUT2D eigenvalue weighted by Crippen LogP contribution is 2.24.